The number of hydrogen-bond acceptors (Lipinski definition) is 3. The number of nitrogens with zero attached hydrogens (tertiary/aromatic N) is 3. The standard InChI is InChI=1S/C25H33N5O/c1-26-25(28-22-14-17-30(19-22)23-8-4-2-5-9-23)27-18-20-10-12-21(13-11-20)24(31)29-15-6-3-7-16-29/h2,4-5,8-13,22H,3,6-7,14-19H2,1H3,(H2,26,27,28). The van der Waals surface area contributed by atoms with E-state index in [2.05, 4.69) is 50.9 Å². The van der Waals surface area contributed by atoms with E-state index in [0.717, 1.165) is 62.5 Å². The van der Waals surface area contributed by atoms with Crippen LogP contribution in [0.15, 0.2) is 59.6 Å². The van der Waals surface area contributed by atoms with E-state index < -0.39 is 0 Å². The Balaban J connectivity index is 1.25. The summed E-state index contributed by atoms with van der Waals surface area (Å²) in [5.41, 5.74) is 3.18. The Morgan fingerprint density at radius 2 is 1.74 bits per heavy atom. The first-order chi connectivity index (χ1) is 15.2. The van der Waals surface area contributed by atoms with Crippen LogP contribution in [0, 0.1) is 0 Å². The smallest absolute Gasteiger partial charge is 0.253 e. The van der Waals surface area contributed by atoms with Gasteiger partial charge in [0.2, 0.25) is 0 Å². The number of anilines is 1. The number of amides is 1. The van der Waals surface area contributed by atoms with E-state index in [1.807, 2.05) is 29.2 Å². The molecule has 2 aromatic carbocycles. The summed E-state index contributed by atoms with van der Waals surface area (Å²) in [6.07, 6.45) is 4.55. The highest BCUT2D eigenvalue weighted by Crippen LogP contribution is 2.19. The molecule has 1 atom stereocenters. The molecule has 2 fully saturated rings. The molecular weight excluding hydrogens is 386 g/mol. The maximum atomic E-state index is 12.6. The normalized spacial score (nSPS) is 19.4. The number of likely N-dealkylation sites (tertiary alicyclic amines) is 1. The van der Waals surface area contributed by atoms with Crippen molar-refractivity contribution in [3.05, 3.63) is 65.7 Å². The zero-order valence-electron chi connectivity index (χ0n) is 18.4. The average molecular weight is 420 g/mol. The lowest BCUT2D eigenvalue weighted by Gasteiger charge is -2.26. The minimum atomic E-state index is 0.154. The van der Waals surface area contributed by atoms with Crippen LogP contribution in [-0.2, 0) is 6.54 Å². The van der Waals surface area contributed by atoms with E-state index in [4.69, 9.17) is 0 Å². The summed E-state index contributed by atoms with van der Waals surface area (Å²) in [6.45, 7) is 4.45. The number of para-hydroxylation sites is 1. The van der Waals surface area contributed by atoms with Crippen LogP contribution in [0.5, 0.6) is 0 Å². The highest BCUT2D eigenvalue weighted by Gasteiger charge is 2.23. The van der Waals surface area contributed by atoms with Crippen molar-refractivity contribution in [1.82, 2.24) is 15.5 Å². The number of aliphatic imine (C=N–C) groups is 1. The number of nitrogens with one attached hydrogen (secondary N) is 2. The molecule has 6 nitrogen and oxygen atoms in total. The van der Waals surface area contributed by atoms with Crippen molar-refractivity contribution in [1.29, 1.82) is 0 Å². The molecule has 2 saturated heterocycles. The number of guanidine groups is 1. The van der Waals surface area contributed by atoms with E-state index in [0.29, 0.717) is 12.6 Å². The Labute approximate surface area is 185 Å². The monoisotopic (exact) mass is 419 g/mol. The van der Waals surface area contributed by atoms with E-state index in [1.54, 1.807) is 7.05 Å². The van der Waals surface area contributed by atoms with Crippen molar-refractivity contribution < 1.29 is 4.79 Å². The minimum absolute atomic E-state index is 0.154. The lowest BCUT2D eigenvalue weighted by atomic mass is 10.1. The molecular formula is C25H33N5O. The summed E-state index contributed by atoms with van der Waals surface area (Å²) >= 11 is 0. The van der Waals surface area contributed by atoms with Gasteiger partial charge in [0.15, 0.2) is 5.96 Å². The van der Waals surface area contributed by atoms with Gasteiger partial charge in [-0.15, -0.1) is 0 Å². The highest BCUT2D eigenvalue weighted by molar-refractivity contribution is 5.94. The molecule has 2 heterocycles. The second-order valence-corrected chi connectivity index (χ2v) is 8.39. The van der Waals surface area contributed by atoms with E-state index in [9.17, 15) is 4.79 Å². The third-order valence-electron chi connectivity index (χ3n) is 6.18. The van der Waals surface area contributed by atoms with Crippen LogP contribution >= 0.6 is 0 Å². The van der Waals surface area contributed by atoms with Crippen LogP contribution < -0.4 is 15.5 Å². The Morgan fingerprint density at radius 1 is 1.00 bits per heavy atom. The summed E-state index contributed by atoms with van der Waals surface area (Å²) in [5.74, 6) is 0.967. The van der Waals surface area contributed by atoms with Crippen LogP contribution in [0.25, 0.3) is 0 Å². The molecule has 0 aromatic heterocycles. The maximum absolute atomic E-state index is 12.6. The first-order valence-corrected chi connectivity index (χ1v) is 11.4. The fourth-order valence-electron chi connectivity index (χ4n) is 4.37. The molecule has 2 aliphatic rings. The van der Waals surface area contributed by atoms with Crippen molar-refractivity contribution >= 4 is 17.6 Å². The molecule has 0 radical (unpaired) electrons. The highest BCUT2D eigenvalue weighted by atomic mass is 16.2. The largest absolute Gasteiger partial charge is 0.369 e. The number of benzene rings is 2. The average Bonchev–Trinajstić information content (AvgIpc) is 3.31. The van der Waals surface area contributed by atoms with Crippen LogP contribution in [0.1, 0.15) is 41.6 Å². The molecule has 31 heavy (non-hydrogen) atoms. The molecule has 1 amide bonds. The summed E-state index contributed by atoms with van der Waals surface area (Å²) in [4.78, 5) is 21.4. The number of piperidine rings is 1. The quantitative estimate of drug-likeness (QED) is 0.577. The Bertz CT molecular complexity index is 875. The molecule has 0 bridgehead atoms. The second kappa shape index (κ2) is 10.3. The van der Waals surface area contributed by atoms with Crippen molar-refractivity contribution in [2.75, 3.05) is 38.1 Å². The maximum Gasteiger partial charge on any atom is 0.253 e. The first kappa shape index (κ1) is 21.2. The van der Waals surface area contributed by atoms with Gasteiger partial charge in [0.05, 0.1) is 0 Å². The molecule has 4 rings (SSSR count). The van der Waals surface area contributed by atoms with Crippen molar-refractivity contribution in [2.45, 2.75) is 38.3 Å². The summed E-state index contributed by atoms with van der Waals surface area (Å²) < 4.78 is 0. The van der Waals surface area contributed by atoms with Gasteiger partial charge in [-0.1, -0.05) is 30.3 Å². The van der Waals surface area contributed by atoms with Gasteiger partial charge in [-0.2, -0.15) is 0 Å². The second-order valence-electron chi connectivity index (χ2n) is 8.39. The fraction of sp³-hybridized carbons (Fsp3) is 0.440. The van der Waals surface area contributed by atoms with Crippen LogP contribution in [0.2, 0.25) is 0 Å². The van der Waals surface area contributed by atoms with Gasteiger partial charge in [-0.25, -0.2) is 0 Å². The topological polar surface area (TPSA) is 60.0 Å². The first-order valence-electron chi connectivity index (χ1n) is 11.4. The Hall–Kier alpha value is -3.02. The lowest BCUT2D eigenvalue weighted by molar-refractivity contribution is 0.0724. The minimum Gasteiger partial charge on any atom is -0.369 e. The zero-order chi connectivity index (χ0) is 21.5. The molecule has 0 saturated carbocycles. The number of carbonyl (C=O) groups excluding carboxylic acids is 1. The molecule has 2 N–H and O–H groups in total. The lowest BCUT2D eigenvalue weighted by Crippen LogP contribution is -2.44. The van der Waals surface area contributed by atoms with E-state index in [1.165, 1.54) is 12.1 Å². The summed E-state index contributed by atoms with van der Waals surface area (Å²) in [7, 11) is 1.81. The number of rotatable bonds is 5. The van der Waals surface area contributed by atoms with Crippen molar-refractivity contribution in [3.63, 3.8) is 0 Å². The predicted molar refractivity (Wildman–Crippen MR) is 127 cm³/mol. The van der Waals surface area contributed by atoms with Crippen molar-refractivity contribution in [3.8, 4) is 0 Å². The molecule has 2 aromatic rings. The Morgan fingerprint density at radius 3 is 2.45 bits per heavy atom. The molecule has 0 aliphatic carbocycles. The molecule has 2 aliphatic heterocycles. The predicted octanol–water partition coefficient (Wildman–Crippen LogP) is 3.26. The van der Waals surface area contributed by atoms with E-state index in [-0.39, 0.29) is 5.91 Å². The van der Waals surface area contributed by atoms with Gasteiger partial charge in [-0.05, 0) is 55.5 Å². The van der Waals surface area contributed by atoms with Gasteiger partial charge in [0.1, 0.15) is 0 Å². The SMILES string of the molecule is CN=C(NCc1ccc(C(=O)N2CCCCC2)cc1)NC1CCN(c2ccccc2)C1. The van der Waals surface area contributed by atoms with Crippen LogP contribution in [0.4, 0.5) is 5.69 Å². The number of carbonyl (C=O) groups is 1. The fourth-order valence-corrected chi connectivity index (χ4v) is 4.37. The molecule has 164 valence electrons. The van der Waals surface area contributed by atoms with Gasteiger partial charge >= 0.3 is 0 Å². The summed E-state index contributed by atoms with van der Waals surface area (Å²) in [5, 5.41) is 6.95. The molecule has 1 unspecified atom stereocenters. The number of hydrogen-bond donors (Lipinski definition) is 2. The van der Waals surface area contributed by atoms with Crippen LogP contribution in [0.3, 0.4) is 0 Å². The van der Waals surface area contributed by atoms with Gasteiger partial charge in [-0.3, -0.25) is 9.79 Å². The van der Waals surface area contributed by atoms with Crippen LogP contribution in [-0.4, -0.2) is 56.0 Å². The zero-order valence-corrected chi connectivity index (χ0v) is 18.4. The third kappa shape index (κ3) is 5.57. The van der Waals surface area contributed by atoms with Gasteiger partial charge in [0.25, 0.3) is 5.91 Å². The molecule has 0 spiro atoms. The van der Waals surface area contributed by atoms with Gasteiger partial charge < -0.3 is 20.4 Å². The Kier molecular flexibility index (Phi) is 7.07. The van der Waals surface area contributed by atoms with E-state index >= 15 is 0 Å². The van der Waals surface area contributed by atoms with Crippen molar-refractivity contribution in [2.24, 2.45) is 4.99 Å². The summed E-state index contributed by atoms with van der Waals surface area (Å²) in [6, 6.07) is 18.9. The molecule has 6 heteroatoms. The van der Waals surface area contributed by atoms with Gasteiger partial charge in [0, 0.05) is 57.1 Å². The third-order valence-corrected chi connectivity index (χ3v) is 6.18.